The average molecular weight is 689 g/mol. The van der Waals surface area contributed by atoms with E-state index in [9.17, 15) is 18.9 Å². The summed E-state index contributed by atoms with van der Waals surface area (Å²) in [7, 11) is -3.86. The van der Waals surface area contributed by atoms with Crippen LogP contribution in [0.3, 0.4) is 0 Å². The van der Waals surface area contributed by atoms with Crippen molar-refractivity contribution in [3.8, 4) is 17.2 Å². The van der Waals surface area contributed by atoms with Crippen molar-refractivity contribution in [2.45, 2.75) is 73.6 Å². The van der Waals surface area contributed by atoms with Gasteiger partial charge in [0.1, 0.15) is 29.3 Å². The van der Waals surface area contributed by atoms with Gasteiger partial charge in [0.15, 0.2) is 5.13 Å². The molecule has 1 aromatic heterocycles. The number of hydrogen-bond acceptors (Lipinski definition) is 10. The van der Waals surface area contributed by atoms with Crippen LogP contribution in [0.4, 0.5) is 5.13 Å². The Morgan fingerprint density at radius 1 is 0.809 bits per heavy atom. The van der Waals surface area contributed by atoms with Gasteiger partial charge in [-0.3, -0.25) is 24.3 Å². The zero-order valence-corrected chi connectivity index (χ0v) is 29.8. The summed E-state index contributed by atoms with van der Waals surface area (Å²) in [5, 5.41) is 11.3. The molecule has 47 heavy (non-hydrogen) atoms. The molecule has 0 bridgehead atoms. The molecular formula is C33H45N4O8PS. The van der Waals surface area contributed by atoms with E-state index in [1.54, 1.807) is 67.9 Å². The molecule has 2 unspecified atom stereocenters. The van der Waals surface area contributed by atoms with Gasteiger partial charge in [-0.15, -0.1) is 11.3 Å². The second-order valence-electron chi connectivity index (χ2n) is 11.6. The number of carbonyl (C=O) groups is 3. The maximum atomic E-state index is 14.8. The molecule has 2 aromatic carbocycles. The highest BCUT2D eigenvalue weighted by atomic mass is 32.1. The highest BCUT2D eigenvalue weighted by molar-refractivity contribution is 7.67. The number of nitrogens with zero attached hydrogens (tertiary/aromatic N) is 1. The molecule has 0 aliphatic carbocycles. The van der Waals surface area contributed by atoms with Crippen molar-refractivity contribution in [1.29, 1.82) is 0 Å². The summed E-state index contributed by atoms with van der Waals surface area (Å²) in [4.78, 5) is 42.9. The van der Waals surface area contributed by atoms with E-state index >= 15 is 0 Å². The Balaban J connectivity index is 1.97. The summed E-state index contributed by atoms with van der Waals surface area (Å²) in [6.07, 6.45) is 1.45. The summed E-state index contributed by atoms with van der Waals surface area (Å²) in [5.74, 6) is -0.902. The lowest BCUT2D eigenvalue weighted by Gasteiger charge is -2.31. The van der Waals surface area contributed by atoms with Gasteiger partial charge in [0.25, 0.3) is 5.91 Å². The second-order valence-corrected chi connectivity index (χ2v) is 14.7. The lowest BCUT2D eigenvalue weighted by Crippen LogP contribution is -2.49. The number of amides is 1. The molecule has 3 aromatic rings. The molecule has 256 valence electrons. The van der Waals surface area contributed by atoms with Crippen LogP contribution in [-0.4, -0.2) is 54.2 Å². The number of anilines is 1. The third kappa shape index (κ3) is 10.9. The number of carbonyl (C=O) groups excluding carboxylic acids is 3. The number of ether oxygens (including phenoxy) is 4. The number of benzene rings is 2. The SMILES string of the molecule is CCOC(=O)C(NP(=O)(N[C@H](C(=O)OCC)C(C)C)c1ccc(Oc2cc(OC(C)C)cc(C(=O)Nc3nccs3)c2)cc1)C(C)C. The minimum atomic E-state index is -3.86. The van der Waals surface area contributed by atoms with Gasteiger partial charge >= 0.3 is 11.9 Å². The van der Waals surface area contributed by atoms with Crippen molar-refractivity contribution < 1.29 is 37.9 Å². The van der Waals surface area contributed by atoms with Crippen molar-refractivity contribution in [3.05, 3.63) is 59.6 Å². The van der Waals surface area contributed by atoms with Crippen LogP contribution in [0.5, 0.6) is 17.2 Å². The first-order valence-corrected chi connectivity index (χ1v) is 18.1. The lowest BCUT2D eigenvalue weighted by molar-refractivity contribution is -0.146. The van der Waals surface area contributed by atoms with E-state index in [2.05, 4.69) is 20.5 Å². The molecule has 1 amide bonds. The Hall–Kier alpha value is -3.77. The van der Waals surface area contributed by atoms with Crippen molar-refractivity contribution in [2.75, 3.05) is 18.5 Å². The minimum Gasteiger partial charge on any atom is -0.491 e. The monoisotopic (exact) mass is 688 g/mol. The van der Waals surface area contributed by atoms with Crippen molar-refractivity contribution >= 4 is 47.1 Å². The van der Waals surface area contributed by atoms with Crippen molar-refractivity contribution in [2.24, 2.45) is 11.8 Å². The number of nitrogens with one attached hydrogen (secondary N) is 3. The first-order valence-electron chi connectivity index (χ1n) is 15.6. The minimum absolute atomic E-state index is 0.151. The predicted octanol–water partition coefficient (Wildman–Crippen LogP) is 6.15. The van der Waals surface area contributed by atoms with Crippen LogP contribution in [0.25, 0.3) is 0 Å². The Morgan fingerprint density at radius 2 is 1.36 bits per heavy atom. The van der Waals surface area contributed by atoms with E-state index in [1.165, 1.54) is 11.3 Å². The van der Waals surface area contributed by atoms with Crippen LogP contribution in [-0.2, 0) is 23.6 Å². The zero-order chi connectivity index (χ0) is 34.7. The van der Waals surface area contributed by atoms with E-state index in [4.69, 9.17) is 18.9 Å². The van der Waals surface area contributed by atoms with Crippen LogP contribution in [0.2, 0.25) is 0 Å². The molecular weight excluding hydrogens is 643 g/mol. The maximum Gasteiger partial charge on any atom is 0.323 e. The van der Waals surface area contributed by atoms with Crippen LogP contribution in [0.1, 0.15) is 65.7 Å². The molecule has 0 radical (unpaired) electrons. The molecule has 0 saturated heterocycles. The van der Waals surface area contributed by atoms with E-state index < -0.39 is 31.5 Å². The molecule has 0 aliphatic heterocycles. The molecule has 1 heterocycles. The van der Waals surface area contributed by atoms with E-state index in [0.717, 1.165) is 0 Å². The van der Waals surface area contributed by atoms with Crippen LogP contribution in [0.15, 0.2) is 54.0 Å². The Bertz CT molecular complexity index is 1490. The van der Waals surface area contributed by atoms with Gasteiger partial charge in [-0.25, -0.2) is 15.2 Å². The fourth-order valence-electron chi connectivity index (χ4n) is 4.41. The first kappa shape index (κ1) is 37.7. The quantitative estimate of drug-likeness (QED) is 0.111. The number of aromatic nitrogens is 1. The average Bonchev–Trinajstić information content (AvgIpc) is 3.51. The third-order valence-corrected chi connectivity index (χ3v) is 9.66. The van der Waals surface area contributed by atoms with Crippen molar-refractivity contribution in [1.82, 2.24) is 15.2 Å². The number of thiazole rings is 1. The van der Waals surface area contributed by atoms with Crippen molar-refractivity contribution in [3.63, 3.8) is 0 Å². The smallest absolute Gasteiger partial charge is 0.323 e. The summed E-state index contributed by atoms with van der Waals surface area (Å²) >= 11 is 1.30. The number of esters is 2. The summed E-state index contributed by atoms with van der Waals surface area (Å²) in [6.45, 7) is 14.7. The highest BCUT2D eigenvalue weighted by Crippen LogP contribution is 2.39. The summed E-state index contributed by atoms with van der Waals surface area (Å²) in [5.41, 5.74) is 0.306. The van der Waals surface area contributed by atoms with Gasteiger partial charge in [0.2, 0.25) is 7.44 Å². The molecule has 0 spiro atoms. The topological polar surface area (TPSA) is 154 Å². The van der Waals surface area contributed by atoms with E-state index in [-0.39, 0.29) is 37.1 Å². The van der Waals surface area contributed by atoms with Crippen LogP contribution >= 0.6 is 18.8 Å². The largest absolute Gasteiger partial charge is 0.491 e. The van der Waals surface area contributed by atoms with Gasteiger partial charge in [-0.05, 0) is 75.9 Å². The molecule has 0 fully saturated rings. The second kappa shape index (κ2) is 17.4. The van der Waals surface area contributed by atoms with Gasteiger partial charge in [-0.1, -0.05) is 27.7 Å². The Kier molecular flexibility index (Phi) is 14.0. The maximum absolute atomic E-state index is 14.8. The molecule has 12 nitrogen and oxygen atoms in total. The lowest BCUT2D eigenvalue weighted by atomic mass is 10.1. The van der Waals surface area contributed by atoms with Gasteiger partial charge in [-0.2, -0.15) is 0 Å². The van der Waals surface area contributed by atoms with Crippen LogP contribution < -0.4 is 30.3 Å². The van der Waals surface area contributed by atoms with E-state index in [1.807, 2.05) is 41.5 Å². The van der Waals surface area contributed by atoms with Gasteiger partial charge in [0, 0.05) is 28.5 Å². The normalized spacial score (nSPS) is 13.9. The first-order chi connectivity index (χ1) is 22.3. The number of hydrogen-bond donors (Lipinski definition) is 3. The molecule has 3 atom stereocenters. The van der Waals surface area contributed by atoms with Crippen LogP contribution in [0, 0.1) is 11.8 Å². The molecule has 0 aliphatic rings. The summed E-state index contributed by atoms with van der Waals surface area (Å²) in [6, 6.07) is 9.40. The van der Waals surface area contributed by atoms with Gasteiger partial charge in [0.05, 0.1) is 19.3 Å². The predicted molar refractivity (Wildman–Crippen MR) is 183 cm³/mol. The number of rotatable bonds is 17. The van der Waals surface area contributed by atoms with Gasteiger partial charge < -0.3 is 18.9 Å². The molecule has 3 N–H and O–H groups in total. The molecule has 3 rings (SSSR count). The zero-order valence-electron chi connectivity index (χ0n) is 28.1. The van der Waals surface area contributed by atoms with E-state index in [0.29, 0.717) is 33.2 Å². The summed E-state index contributed by atoms with van der Waals surface area (Å²) < 4.78 is 37.3. The Morgan fingerprint density at radius 3 is 1.83 bits per heavy atom. The standard InChI is InChI=1S/C33H45N4O8PS/c1-9-42-31(39)28(20(3)4)36-46(41,37-29(21(5)6)32(40)43-10-2)27-13-11-24(12-14-27)45-26-18-23(17-25(19-26)44-22(7)8)30(38)35-33-34-15-16-47-33/h11-22,28-29H,9-10H2,1-8H3,(H,34,35,38)(H2,36,37,41)/t28-,29?,46?/m0/s1. The third-order valence-electron chi connectivity index (χ3n) is 6.66. The molecule has 14 heteroatoms. The highest BCUT2D eigenvalue weighted by Gasteiger charge is 2.38. The fourth-order valence-corrected chi connectivity index (χ4v) is 7.46. The Labute approximate surface area is 280 Å². The fraction of sp³-hybridized carbons (Fsp3) is 0.455. The molecule has 0 saturated carbocycles.